The lowest BCUT2D eigenvalue weighted by Gasteiger charge is -2.23. The van der Waals surface area contributed by atoms with Crippen LogP contribution < -0.4 is 4.74 Å². The van der Waals surface area contributed by atoms with Gasteiger partial charge in [-0.3, -0.25) is 0 Å². The van der Waals surface area contributed by atoms with Crippen molar-refractivity contribution >= 4 is 0 Å². The third-order valence-electron chi connectivity index (χ3n) is 1.78. The molecule has 0 saturated carbocycles. The molecule has 0 atom stereocenters. The number of nitrogens with zero attached hydrogens (tertiary/aromatic N) is 1. The molecule has 0 radical (unpaired) electrons. The van der Waals surface area contributed by atoms with Gasteiger partial charge in [-0.1, -0.05) is 0 Å². The van der Waals surface area contributed by atoms with E-state index >= 15 is 0 Å². The quantitative estimate of drug-likeness (QED) is 0.769. The molecule has 0 aliphatic heterocycles. The molecule has 1 aromatic carbocycles. The fraction of sp³-hybridized carbons (Fsp3) is 0.364. The predicted molar refractivity (Wildman–Crippen MR) is 51.3 cm³/mol. The molecule has 0 unspecified atom stereocenters. The van der Waals surface area contributed by atoms with E-state index in [1.54, 1.807) is 13.8 Å². The minimum atomic E-state index is -0.784. The minimum absolute atomic E-state index is 0.0448. The lowest BCUT2D eigenvalue weighted by Crippen LogP contribution is -2.27. The van der Waals surface area contributed by atoms with Gasteiger partial charge in [-0.25, -0.2) is 8.78 Å². The second-order valence-electron chi connectivity index (χ2n) is 3.77. The highest BCUT2D eigenvalue weighted by Gasteiger charge is 2.21. The van der Waals surface area contributed by atoms with Gasteiger partial charge in [0.2, 0.25) is 0 Å². The molecule has 2 nitrogen and oxygen atoms in total. The normalized spacial score (nSPS) is 10.9. The number of ether oxygens (including phenoxy) is 1. The third-order valence-corrected chi connectivity index (χ3v) is 1.78. The first-order chi connectivity index (χ1) is 6.94. The number of rotatable bonds is 3. The lowest BCUT2D eigenvalue weighted by atomic mass is 10.1. The van der Waals surface area contributed by atoms with Crippen molar-refractivity contribution in [1.29, 1.82) is 5.26 Å². The molecule has 0 bridgehead atoms. The number of benzene rings is 1. The molecule has 1 rings (SSSR count). The van der Waals surface area contributed by atoms with Gasteiger partial charge in [0.25, 0.3) is 0 Å². The summed E-state index contributed by atoms with van der Waals surface area (Å²) in [6, 6.07) is 5.01. The average molecular weight is 211 g/mol. The van der Waals surface area contributed by atoms with Crippen molar-refractivity contribution in [3.63, 3.8) is 0 Å². The Morgan fingerprint density at radius 1 is 1.40 bits per heavy atom. The summed E-state index contributed by atoms with van der Waals surface area (Å²) in [6.45, 7) is 3.33. The summed E-state index contributed by atoms with van der Waals surface area (Å²) in [7, 11) is 0. The summed E-state index contributed by atoms with van der Waals surface area (Å²) >= 11 is 0. The molecular formula is C11H11F2NO. The summed E-state index contributed by atoms with van der Waals surface area (Å²) in [5.74, 6) is -1.46. The molecule has 1 aromatic rings. The first-order valence-electron chi connectivity index (χ1n) is 4.45. The van der Waals surface area contributed by atoms with Gasteiger partial charge < -0.3 is 4.74 Å². The first-order valence-corrected chi connectivity index (χ1v) is 4.45. The number of hydrogen-bond acceptors (Lipinski definition) is 2. The van der Waals surface area contributed by atoms with Crippen molar-refractivity contribution in [2.24, 2.45) is 0 Å². The zero-order valence-corrected chi connectivity index (χ0v) is 8.55. The van der Waals surface area contributed by atoms with Crippen LogP contribution in [0.2, 0.25) is 0 Å². The highest BCUT2D eigenvalue weighted by molar-refractivity contribution is 5.25. The van der Waals surface area contributed by atoms with Crippen molar-refractivity contribution in [1.82, 2.24) is 0 Å². The maximum Gasteiger partial charge on any atom is 0.168 e. The molecule has 0 N–H and O–H groups in total. The largest absolute Gasteiger partial charge is 0.484 e. The monoisotopic (exact) mass is 211 g/mol. The molecule has 0 fully saturated rings. The molecule has 15 heavy (non-hydrogen) atoms. The maximum absolute atomic E-state index is 13.2. The van der Waals surface area contributed by atoms with Crippen LogP contribution in [0.3, 0.4) is 0 Å². The molecule has 4 heteroatoms. The number of hydrogen-bond donors (Lipinski definition) is 0. The van der Waals surface area contributed by atoms with Crippen LogP contribution in [0.25, 0.3) is 0 Å². The van der Waals surface area contributed by atoms with Gasteiger partial charge in [-0.05, 0) is 26.0 Å². The molecule has 0 amide bonds. The van der Waals surface area contributed by atoms with Gasteiger partial charge >= 0.3 is 0 Å². The zero-order chi connectivity index (χ0) is 11.5. The van der Waals surface area contributed by atoms with E-state index in [1.807, 2.05) is 6.07 Å². The van der Waals surface area contributed by atoms with Gasteiger partial charge in [0.05, 0.1) is 12.5 Å². The lowest BCUT2D eigenvalue weighted by molar-refractivity contribution is 0.108. The number of halogens is 2. The van der Waals surface area contributed by atoms with Crippen molar-refractivity contribution in [2.75, 3.05) is 0 Å². The SMILES string of the molecule is CC(C)(CC#N)Oc1ccc(F)cc1F. The molecule has 0 aliphatic rings. The van der Waals surface area contributed by atoms with Crippen molar-refractivity contribution in [3.8, 4) is 11.8 Å². The van der Waals surface area contributed by atoms with Gasteiger partial charge in [-0.2, -0.15) is 5.26 Å². The Balaban J connectivity index is 2.86. The minimum Gasteiger partial charge on any atom is -0.484 e. The Morgan fingerprint density at radius 2 is 2.07 bits per heavy atom. The predicted octanol–water partition coefficient (Wildman–Crippen LogP) is 3.04. The van der Waals surface area contributed by atoms with Crippen LogP contribution in [-0.4, -0.2) is 5.60 Å². The van der Waals surface area contributed by atoms with E-state index < -0.39 is 17.2 Å². The Hall–Kier alpha value is -1.63. The fourth-order valence-electron chi connectivity index (χ4n) is 1.08. The van der Waals surface area contributed by atoms with Gasteiger partial charge in [0.1, 0.15) is 11.4 Å². The van der Waals surface area contributed by atoms with Gasteiger partial charge in [-0.15, -0.1) is 0 Å². The van der Waals surface area contributed by atoms with E-state index in [4.69, 9.17) is 10.00 Å². The van der Waals surface area contributed by atoms with E-state index in [-0.39, 0.29) is 12.2 Å². The molecule has 80 valence electrons. The second kappa shape index (κ2) is 4.26. The molecule has 0 aliphatic carbocycles. The van der Waals surface area contributed by atoms with Crippen LogP contribution in [0.5, 0.6) is 5.75 Å². The van der Waals surface area contributed by atoms with Crippen molar-refractivity contribution in [3.05, 3.63) is 29.8 Å². The summed E-state index contributed by atoms with van der Waals surface area (Å²) < 4.78 is 31.0. The molecule has 0 aromatic heterocycles. The Labute approximate surface area is 87.1 Å². The second-order valence-corrected chi connectivity index (χ2v) is 3.77. The third kappa shape index (κ3) is 3.21. The Morgan fingerprint density at radius 3 is 2.60 bits per heavy atom. The summed E-state index contributed by atoms with van der Waals surface area (Å²) in [6.07, 6.45) is 0.129. The van der Waals surface area contributed by atoms with E-state index in [0.717, 1.165) is 12.1 Å². The van der Waals surface area contributed by atoms with Crippen molar-refractivity contribution in [2.45, 2.75) is 25.9 Å². The van der Waals surface area contributed by atoms with Crippen LogP contribution >= 0.6 is 0 Å². The van der Waals surface area contributed by atoms with E-state index in [1.165, 1.54) is 6.07 Å². The van der Waals surface area contributed by atoms with Crippen LogP contribution in [0.15, 0.2) is 18.2 Å². The smallest absolute Gasteiger partial charge is 0.168 e. The van der Waals surface area contributed by atoms with Gasteiger partial charge in [0.15, 0.2) is 11.6 Å². The highest BCUT2D eigenvalue weighted by Crippen LogP contribution is 2.24. The average Bonchev–Trinajstić information content (AvgIpc) is 2.09. The molecule has 0 saturated heterocycles. The fourth-order valence-corrected chi connectivity index (χ4v) is 1.08. The van der Waals surface area contributed by atoms with E-state index in [2.05, 4.69) is 0 Å². The van der Waals surface area contributed by atoms with Crippen LogP contribution in [-0.2, 0) is 0 Å². The van der Waals surface area contributed by atoms with Crippen LogP contribution in [0.1, 0.15) is 20.3 Å². The standard InChI is InChI=1S/C11H11F2NO/c1-11(2,5-6-14)15-10-4-3-8(12)7-9(10)13/h3-4,7H,5H2,1-2H3. The van der Waals surface area contributed by atoms with Crippen molar-refractivity contribution < 1.29 is 13.5 Å². The zero-order valence-electron chi connectivity index (χ0n) is 8.55. The van der Waals surface area contributed by atoms with Gasteiger partial charge in [0, 0.05) is 6.07 Å². The topological polar surface area (TPSA) is 33.0 Å². The Bertz CT molecular complexity index is 396. The molecule has 0 spiro atoms. The summed E-state index contributed by atoms with van der Waals surface area (Å²) in [5, 5.41) is 8.51. The van der Waals surface area contributed by atoms with Crippen LogP contribution in [0.4, 0.5) is 8.78 Å². The summed E-state index contributed by atoms with van der Waals surface area (Å²) in [4.78, 5) is 0. The van der Waals surface area contributed by atoms with E-state index in [0.29, 0.717) is 0 Å². The molecular weight excluding hydrogens is 200 g/mol. The number of nitriles is 1. The first kappa shape index (κ1) is 11.4. The summed E-state index contributed by atoms with van der Waals surface area (Å²) in [5.41, 5.74) is -0.784. The maximum atomic E-state index is 13.2. The highest BCUT2D eigenvalue weighted by atomic mass is 19.1. The van der Waals surface area contributed by atoms with E-state index in [9.17, 15) is 8.78 Å². The Kier molecular flexibility index (Phi) is 3.25. The van der Waals surface area contributed by atoms with Crippen LogP contribution in [0, 0.1) is 23.0 Å². The molecule has 0 heterocycles.